The van der Waals surface area contributed by atoms with E-state index in [9.17, 15) is 4.79 Å². The van der Waals surface area contributed by atoms with Crippen LogP contribution in [0.15, 0.2) is 41.2 Å². The van der Waals surface area contributed by atoms with E-state index in [1.165, 1.54) is 5.56 Å². The van der Waals surface area contributed by atoms with Gasteiger partial charge in [-0.15, -0.1) is 0 Å². The summed E-state index contributed by atoms with van der Waals surface area (Å²) in [4.78, 5) is 30.4. The van der Waals surface area contributed by atoms with E-state index >= 15 is 0 Å². The minimum Gasteiger partial charge on any atom is -0.381 e. The van der Waals surface area contributed by atoms with Gasteiger partial charge in [0.25, 0.3) is 0 Å². The fourth-order valence-corrected chi connectivity index (χ4v) is 6.56. The van der Waals surface area contributed by atoms with Crippen molar-refractivity contribution in [2.24, 2.45) is 0 Å². The van der Waals surface area contributed by atoms with E-state index in [1.807, 2.05) is 18.5 Å². The van der Waals surface area contributed by atoms with Crippen molar-refractivity contribution in [1.29, 1.82) is 0 Å². The molecule has 1 saturated carbocycles. The topological polar surface area (TPSA) is 137 Å². The maximum atomic E-state index is 13.0. The van der Waals surface area contributed by atoms with Crippen molar-refractivity contribution in [3.63, 3.8) is 0 Å². The molecular weight excluding hydrogens is 556 g/mol. The van der Waals surface area contributed by atoms with Crippen LogP contribution in [0.3, 0.4) is 0 Å². The summed E-state index contributed by atoms with van der Waals surface area (Å²) in [5.41, 5.74) is 8.08. The number of aromatic nitrogens is 7. The Morgan fingerprint density at radius 2 is 1.95 bits per heavy atom. The number of fused-ring (bicyclic) bond motifs is 2. The number of carbonyl (C=O) groups excluding carboxylic acids is 1. The number of nitrogens with one attached hydrogen (secondary N) is 2. The Morgan fingerprint density at radius 1 is 1.11 bits per heavy atom. The highest BCUT2D eigenvalue weighted by atomic mass is 16.5. The quantitative estimate of drug-likeness (QED) is 0.243. The van der Waals surface area contributed by atoms with Gasteiger partial charge >= 0.3 is 11.8 Å². The number of imidazole rings is 1. The molecule has 1 aliphatic heterocycles. The fraction of sp³-hybridized carbons (Fsp3) is 0.455. The minimum atomic E-state index is -0.318. The van der Waals surface area contributed by atoms with E-state index in [-0.39, 0.29) is 30.7 Å². The molecule has 0 bridgehead atoms. The van der Waals surface area contributed by atoms with Gasteiger partial charge in [0.2, 0.25) is 0 Å². The number of H-pyrrole nitrogens is 1. The Balaban J connectivity index is 0.00000312. The van der Waals surface area contributed by atoms with Crippen LogP contribution < -0.4 is 5.32 Å². The van der Waals surface area contributed by atoms with Gasteiger partial charge in [-0.3, -0.25) is 9.48 Å². The van der Waals surface area contributed by atoms with E-state index in [0.717, 1.165) is 97.4 Å². The van der Waals surface area contributed by atoms with E-state index in [1.54, 1.807) is 0 Å². The molecule has 2 fully saturated rings. The molecule has 11 heteroatoms. The van der Waals surface area contributed by atoms with Gasteiger partial charge < -0.3 is 19.6 Å². The van der Waals surface area contributed by atoms with Crippen LogP contribution in [-0.2, 0) is 16.6 Å². The lowest BCUT2D eigenvalue weighted by Crippen LogP contribution is -2.31. The summed E-state index contributed by atoms with van der Waals surface area (Å²) in [5.74, 6) is 1.11. The van der Waals surface area contributed by atoms with E-state index in [4.69, 9.17) is 19.3 Å². The van der Waals surface area contributed by atoms with Gasteiger partial charge in [-0.2, -0.15) is 10.1 Å². The molecule has 1 aromatic carbocycles. The Hall–Kier alpha value is -4.38. The van der Waals surface area contributed by atoms with Gasteiger partial charge in [0.15, 0.2) is 11.5 Å². The van der Waals surface area contributed by atoms with Crippen molar-refractivity contribution in [3.05, 3.63) is 65.2 Å². The van der Waals surface area contributed by atoms with Gasteiger partial charge in [-0.1, -0.05) is 37.7 Å². The average molecular weight is 595 g/mol. The molecule has 0 radical (unpaired) electrons. The molecule has 0 unspecified atom stereocenters. The van der Waals surface area contributed by atoms with Crippen molar-refractivity contribution in [2.75, 3.05) is 13.2 Å². The summed E-state index contributed by atoms with van der Waals surface area (Å²) < 4.78 is 13.0. The molecule has 5 aromatic rings. The van der Waals surface area contributed by atoms with E-state index in [0.29, 0.717) is 17.5 Å². The molecule has 5 heterocycles. The number of ether oxygens (including phenoxy) is 1. The zero-order valence-corrected chi connectivity index (χ0v) is 24.4. The third-order valence-electron chi connectivity index (χ3n) is 9.46. The normalized spacial score (nSPS) is 19.4. The highest BCUT2D eigenvalue weighted by Gasteiger charge is 2.44. The van der Waals surface area contributed by atoms with Crippen LogP contribution in [0, 0.1) is 6.92 Å². The fourth-order valence-electron chi connectivity index (χ4n) is 6.56. The summed E-state index contributed by atoms with van der Waals surface area (Å²) in [7, 11) is 0. The van der Waals surface area contributed by atoms with Crippen LogP contribution in [0.1, 0.15) is 98.3 Å². The van der Waals surface area contributed by atoms with Crippen LogP contribution >= 0.6 is 0 Å². The molecule has 1 saturated heterocycles. The SMILES string of the molecule is C.Cc1c(-c2nc3nccc(-c4ccc5c(c4)CCC[C@H]5NC(=O)c4nc(C5(C)CC5)no4)c3[nH]2)cnn1C1CCOCC1. The third-order valence-corrected chi connectivity index (χ3v) is 9.46. The summed E-state index contributed by atoms with van der Waals surface area (Å²) in [6, 6.07) is 8.75. The van der Waals surface area contributed by atoms with Gasteiger partial charge in [0, 0.05) is 36.1 Å². The summed E-state index contributed by atoms with van der Waals surface area (Å²) >= 11 is 0. The Kier molecular flexibility index (Phi) is 7.07. The van der Waals surface area contributed by atoms with Crippen LogP contribution in [0.2, 0.25) is 0 Å². The number of aryl methyl sites for hydroxylation is 1. The number of amides is 1. The van der Waals surface area contributed by atoms with Gasteiger partial charge in [-0.25, -0.2) is 9.97 Å². The van der Waals surface area contributed by atoms with Crippen molar-refractivity contribution in [3.8, 4) is 22.5 Å². The first-order valence-corrected chi connectivity index (χ1v) is 15.2. The number of benzene rings is 1. The van der Waals surface area contributed by atoms with Gasteiger partial charge in [-0.05, 0) is 74.6 Å². The summed E-state index contributed by atoms with van der Waals surface area (Å²) in [6.45, 7) is 5.73. The Morgan fingerprint density at radius 3 is 2.77 bits per heavy atom. The lowest BCUT2D eigenvalue weighted by Gasteiger charge is -2.26. The Labute approximate surface area is 255 Å². The number of rotatable bonds is 6. The molecule has 2 N–H and O–H groups in total. The number of carbonyl (C=O) groups is 1. The highest BCUT2D eigenvalue weighted by Crippen LogP contribution is 2.46. The molecule has 8 rings (SSSR count). The van der Waals surface area contributed by atoms with Crippen molar-refractivity contribution in [2.45, 2.75) is 83.7 Å². The largest absolute Gasteiger partial charge is 0.381 e. The number of hydrogen-bond acceptors (Lipinski definition) is 8. The van der Waals surface area contributed by atoms with E-state index < -0.39 is 0 Å². The first-order valence-electron chi connectivity index (χ1n) is 15.2. The van der Waals surface area contributed by atoms with Gasteiger partial charge in [0.1, 0.15) is 5.82 Å². The lowest BCUT2D eigenvalue weighted by atomic mass is 9.85. The number of aromatic amines is 1. The van der Waals surface area contributed by atoms with Crippen molar-refractivity contribution >= 4 is 17.1 Å². The van der Waals surface area contributed by atoms with Crippen molar-refractivity contribution in [1.82, 2.24) is 40.2 Å². The molecule has 2 aliphatic carbocycles. The van der Waals surface area contributed by atoms with Crippen LogP contribution in [0.5, 0.6) is 0 Å². The second-order valence-corrected chi connectivity index (χ2v) is 12.4. The number of nitrogens with zero attached hydrogens (tertiary/aromatic N) is 6. The standard InChI is InChI=1S/C32H34N8O3.CH4/c1-18-24(17-34-40(18)21-9-14-42-15-10-21)27-36-26-23(8-13-33-28(26)37-27)20-6-7-22-19(16-20)4-3-5-25(22)35-29(41)30-38-31(39-43-30)32(2)11-12-32;/h6-8,13,16-17,21,25H,3-5,9-12,14-15H2,1-2H3,(H,35,41)(H,33,36,37);1H4/t25-;/m1./s1. The predicted molar refractivity (Wildman–Crippen MR) is 165 cm³/mol. The molecule has 44 heavy (non-hydrogen) atoms. The monoisotopic (exact) mass is 594 g/mol. The number of hydrogen-bond donors (Lipinski definition) is 2. The lowest BCUT2D eigenvalue weighted by molar-refractivity contribution is 0.0657. The zero-order valence-electron chi connectivity index (χ0n) is 24.4. The van der Waals surface area contributed by atoms with Crippen LogP contribution in [0.25, 0.3) is 33.7 Å². The second kappa shape index (κ2) is 11.0. The molecule has 1 amide bonds. The smallest absolute Gasteiger partial charge is 0.315 e. The van der Waals surface area contributed by atoms with E-state index in [2.05, 4.69) is 62.2 Å². The van der Waals surface area contributed by atoms with Crippen LogP contribution in [-0.4, -0.2) is 54.0 Å². The average Bonchev–Trinajstić information content (AvgIpc) is 3.40. The third kappa shape index (κ3) is 4.89. The maximum absolute atomic E-state index is 13.0. The summed E-state index contributed by atoms with van der Waals surface area (Å²) in [5, 5.41) is 11.9. The molecular formula is C33H38N8O3. The van der Waals surface area contributed by atoms with Gasteiger partial charge in [0.05, 0.1) is 29.4 Å². The summed E-state index contributed by atoms with van der Waals surface area (Å²) in [6.07, 6.45) is 10.5. The molecule has 228 valence electrons. The molecule has 4 aromatic heterocycles. The first-order chi connectivity index (χ1) is 21.0. The minimum absolute atomic E-state index is 0. The molecule has 1 atom stereocenters. The molecule has 3 aliphatic rings. The molecule has 11 nitrogen and oxygen atoms in total. The maximum Gasteiger partial charge on any atom is 0.315 e. The second-order valence-electron chi connectivity index (χ2n) is 12.4. The Bertz CT molecular complexity index is 1840. The van der Waals surface area contributed by atoms with Crippen LogP contribution in [0.4, 0.5) is 0 Å². The first kappa shape index (κ1) is 28.4. The predicted octanol–water partition coefficient (Wildman–Crippen LogP) is 6.03. The molecule has 0 spiro atoms. The highest BCUT2D eigenvalue weighted by molar-refractivity contribution is 5.92. The van der Waals surface area contributed by atoms with Crippen molar-refractivity contribution < 1.29 is 14.1 Å². The zero-order chi connectivity index (χ0) is 29.1. The number of pyridine rings is 1.